The van der Waals surface area contributed by atoms with Gasteiger partial charge >= 0.3 is 0 Å². The summed E-state index contributed by atoms with van der Waals surface area (Å²) >= 11 is 0. The minimum atomic E-state index is -0.726. The van der Waals surface area contributed by atoms with E-state index in [9.17, 15) is 14.6 Å². The standard InChI is InChI=1S/C17H20FNO2/c18-15-8-6-14(7-9-15)17(21)11-19-16(12-20)10-13-4-2-1-3-5-13/h1-9,16-17,19-21H,10-12H2. The van der Waals surface area contributed by atoms with Gasteiger partial charge in [0.15, 0.2) is 0 Å². The lowest BCUT2D eigenvalue weighted by atomic mass is 10.1. The minimum absolute atomic E-state index is 0.00890. The Labute approximate surface area is 124 Å². The lowest BCUT2D eigenvalue weighted by Gasteiger charge is -2.19. The van der Waals surface area contributed by atoms with Crippen LogP contribution in [0.2, 0.25) is 0 Å². The molecule has 4 heteroatoms. The second-order valence-corrected chi connectivity index (χ2v) is 5.04. The van der Waals surface area contributed by atoms with Crippen molar-refractivity contribution in [3.63, 3.8) is 0 Å². The zero-order valence-corrected chi connectivity index (χ0v) is 11.7. The maximum atomic E-state index is 12.8. The molecule has 2 aromatic rings. The first-order valence-electron chi connectivity index (χ1n) is 7.00. The second-order valence-electron chi connectivity index (χ2n) is 5.04. The van der Waals surface area contributed by atoms with Gasteiger partial charge in [0.05, 0.1) is 12.7 Å². The molecule has 2 unspecified atom stereocenters. The van der Waals surface area contributed by atoms with Crippen molar-refractivity contribution in [3.8, 4) is 0 Å². The summed E-state index contributed by atoms with van der Waals surface area (Å²) in [5.74, 6) is -0.323. The molecule has 112 valence electrons. The van der Waals surface area contributed by atoms with Gasteiger partial charge in [-0.1, -0.05) is 42.5 Å². The van der Waals surface area contributed by atoms with Crippen molar-refractivity contribution in [1.82, 2.24) is 5.32 Å². The molecule has 0 aliphatic carbocycles. The molecule has 0 spiro atoms. The summed E-state index contributed by atoms with van der Waals surface area (Å²) in [6.07, 6.45) is -0.0385. The Hall–Kier alpha value is -1.75. The quantitative estimate of drug-likeness (QED) is 0.731. The minimum Gasteiger partial charge on any atom is -0.395 e. The van der Waals surface area contributed by atoms with Crippen LogP contribution in [0.1, 0.15) is 17.2 Å². The number of rotatable bonds is 7. The van der Waals surface area contributed by atoms with Gasteiger partial charge in [-0.05, 0) is 29.7 Å². The zero-order valence-electron chi connectivity index (χ0n) is 11.7. The van der Waals surface area contributed by atoms with E-state index in [1.165, 1.54) is 12.1 Å². The van der Waals surface area contributed by atoms with Gasteiger partial charge in [-0.25, -0.2) is 4.39 Å². The van der Waals surface area contributed by atoms with E-state index in [2.05, 4.69) is 5.32 Å². The molecule has 0 saturated carbocycles. The first kappa shape index (κ1) is 15.6. The first-order valence-corrected chi connectivity index (χ1v) is 7.00. The summed E-state index contributed by atoms with van der Waals surface area (Å²) in [6, 6.07) is 15.5. The monoisotopic (exact) mass is 289 g/mol. The number of hydrogen-bond acceptors (Lipinski definition) is 3. The molecule has 3 nitrogen and oxygen atoms in total. The number of aliphatic hydroxyl groups is 2. The van der Waals surface area contributed by atoms with Crippen LogP contribution in [0.4, 0.5) is 4.39 Å². The van der Waals surface area contributed by atoms with Crippen LogP contribution in [0.25, 0.3) is 0 Å². The van der Waals surface area contributed by atoms with Crippen LogP contribution in [-0.4, -0.2) is 29.4 Å². The topological polar surface area (TPSA) is 52.5 Å². The lowest BCUT2D eigenvalue weighted by Crippen LogP contribution is -2.37. The molecule has 0 aromatic heterocycles. The fourth-order valence-electron chi connectivity index (χ4n) is 2.18. The van der Waals surface area contributed by atoms with Crippen LogP contribution in [0.5, 0.6) is 0 Å². The van der Waals surface area contributed by atoms with Crippen molar-refractivity contribution in [2.24, 2.45) is 0 Å². The van der Waals surface area contributed by atoms with Crippen molar-refractivity contribution in [2.45, 2.75) is 18.6 Å². The van der Waals surface area contributed by atoms with Crippen LogP contribution in [-0.2, 0) is 6.42 Å². The zero-order chi connectivity index (χ0) is 15.1. The molecule has 3 N–H and O–H groups in total. The van der Waals surface area contributed by atoms with Crippen LogP contribution >= 0.6 is 0 Å². The Kier molecular flexibility index (Phi) is 5.87. The normalized spacial score (nSPS) is 13.9. The van der Waals surface area contributed by atoms with Gasteiger partial charge < -0.3 is 15.5 Å². The average Bonchev–Trinajstić information content (AvgIpc) is 2.52. The number of nitrogens with one attached hydrogen (secondary N) is 1. The maximum Gasteiger partial charge on any atom is 0.123 e. The highest BCUT2D eigenvalue weighted by atomic mass is 19.1. The predicted molar refractivity (Wildman–Crippen MR) is 80.4 cm³/mol. The fraction of sp³-hybridized carbons (Fsp3) is 0.294. The Morgan fingerprint density at radius 2 is 1.67 bits per heavy atom. The van der Waals surface area contributed by atoms with E-state index < -0.39 is 6.10 Å². The van der Waals surface area contributed by atoms with Crippen LogP contribution in [0, 0.1) is 5.82 Å². The average molecular weight is 289 g/mol. The van der Waals surface area contributed by atoms with Crippen LogP contribution in [0.15, 0.2) is 54.6 Å². The van der Waals surface area contributed by atoms with E-state index in [0.29, 0.717) is 18.5 Å². The van der Waals surface area contributed by atoms with Gasteiger partial charge in [0.2, 0.25) is 0 Å². The summed E-state index contributed by atoms with van der Waals surface area (Å²) in [6.45, 7) is 0.300. The summed E-state index contributed by atoms with van der Waals surface area (Å²) in [7, 11) is 0. The van der Waals surface area contributed by atoms with Gasteiger partial charge in [0.25, 0.3) is 0 Å². The van der Waals surface area contributed by atoms with Gasteiger partial charge in [-0.3, -0.25) is 0 Å². The highest BCUT2D eigenvalue weighted by Crippen LogP contribution is 2.13. The highest BCUT2D eigenvalue weighted by Gasteiger charge is 2.12. The van der Waals surface area contributed by atoms with Crippen LogP contribution < -0.4 is 5.32 Å². The van der Waals surface area contributed by atoms with Gasteiger partial charge in [0, 0.05) is 12.6 Å². The third-order valence-corrected chi connectivity index (χ3v) is 3.40. The number of halogens is 1. The third-order valence-electron chi connectivity index (χ3n) is 3.40. The Balaban J connectivity index is 1.86. The van der Waals surface area contributed by atoms with Crippen molar-refractivity contribution in [1.29, 1.82) is 0 Å². The molecular formula is C17H20FNO2. The van der Waals surface area contributed by atoms with E-state index >= 15 is 0 Å². The second kappa shape index (κ2) is 7.88. The van der Waals surface area contributed by atoms with E-state index in [4.69, 9.17) is 0 Å². The lowest BCUT2D eigenvalue weighted by molar-refractivity contribution is 0.158. The van der Waals surface area contributed by atoms with E-state index in [1.807, 2.05) is 30.3 Å². The molecule has 0 bridgehead atoms. The van der Waals surface area contributed by atoms with Gasteiger partial charge in [0.1, 0.15) is 5.82 Å². The fourth-order valence-corrected chi connectivity index (χ4v) is 2.18. The third kappa shape index (κ3) is 4.93. The van der Waals surface area contributed by atoms with E-state index in [0.717, 1.165) is 5.56 Å². The molecule has 2 aromatic carbocycles. The van der Waals surface area contributed by atoms with Crippen molar-refractivity contribution < 1.29 is 14.6 Å². The highest BCUT2D eigenvalue weighted by molar-refractivity contribution is 5.19. The Bertz CT molecular complexity index is 530. The molecule has 0 amide bonds. The molecule has 21 heavy (non-hydrogen) atoms. The Morgan fingerprint density at radius 1 is 1.00 bits per heavy atom. The van der Waals surface area contributed by atoms with Gasteiger partial charge in [-0.2, -0.15) is 0 Å². The molecular weight excluding hydrogens is 269 g/mol. The number of aliphatic hydroxyl groups excluding tert-OH is 2. The van der Waals surface area contributed by atoms with E-state index in [-0.39, 0.29) is 18.5 Å². The molecule has 0 radical (unpaired) electrons. The Morgan fingerprint density at radius 3 is 2.29 bits per heavy atom. The molecule has 0 aliphatic rings. The summed E-state index contributed by atoms with van der Waals surface area (Å²) in [5, 5.41) is 22.6. The molecule has 0 aliphatic heterocycles. The van der Waals surface area contributed by atoms with Crippen molar-refractivity contribution >= 4 is 0 Å². The van der Waals surface area contributed by atoms with Gasteiger partial charge in [-0.15, -0.1) is 0 Å². The molecule has 2 atom stereocenters. The summed E-state index contributed by atoms with van der Waals surface area (Å²) in [4.78, 5) is 0. The molecule has 0 saturated heterocycles. The maximum absolute atomic E-state index is 12.8. The number of hydrogen-bond donors (Lipinski definition) is 3. The van der Waals surface area contributed by atoms with Crippen molar-refractivity contribution in [2.75, 3.05) is 13.2 Å². The SMILES string of the molecule is OCC(Cc1ccccc1)NCC(O)c1ccc(F)cc1. The predicted octanol–water partition coefficient (Wildman–Crippen LogP) is 2.05. The van der Waals surface area contributed by atoms with Crippen LogP contribution in [0.3, 0.4) is 0 Å². The van der Waals surface area contributed by atoms with Crippen molar-refractivity contribution in [3.05, 3.63) is 71.5 Å². The largest absolute Gasteiger partial charge is 0.395 e. The summed E-state index contributed by atoms with van der Waals surface area (Å²) < 4.78 is 12.8. The number of benzene rings is 2. The molecule has 0 heterocycles. The summed E-state index contributed by atoms with van der Waals surface area (Å²) in [5.41, 5.74) is 1.78. The molecule has 0 fully saturated rings. The first-order chi connectivity index (χ1) is 10.2. The van der Waals surface area contributed by atoms with E-state index in [1.54, 1.807) is 12.1 Å². The smallest absolute Gasteiger partial charge is 0.123 e. The molecule has 2 rings (SSSR count).